The predicted molar refractivity (Wildman–Crippen MR) is 89.8 cm³/mol. The van der Waals surface area contributed by atoms with Crippen molar-refractivity contribution in [2.75, 3.05) is 13.1 Å². The van der Waals surface area contributed by atoms with E-state index in [2.05, 4.69) is 49.1 Å². The molecule has 2 N–H and O–H groups in total. The molecule has 3 heteroatoms. The van der Waals surface area contributed by atoms with Gasteiger partial charge in [0.05, 0.1) is 4.99 Å². The zero-order valence-electron chi connectivity index (χ0n) is 12.6. The first-order valence-corrected chi connectivity index (χ1v) is 7.96. The molecule has 0 amide bonds. The Kier molecular flexibility index (Phi) is 5.17. The lowest BCUT2D eigenvalue weighted by Gasteiger charge is -2.31. The maximum atomic E-state index is 5.83. The molecule has 2 rings (SSSR count). The van der Waals surface area contributed by atoms with Crippen LogP contribution in [0.5, 0.6) is 0 Å². The lowest BCUT2D eigenvalue weighted by molar-refractivity contribution is 0.200. The molecule has 1 unspecified atom stereocenters. The van der Waals surface area contributed by atoms with Gasteiger partial charge in [-0.3, -0.25) is 4.90 Å². The highest BCUT2D eigenvalue weighted by atomic mass is 32.1. The highest BCUT2D eigenvalue weighted by molar-refractivity contribution is 7.80. The molecule has 1 saturated heterocycles. The Labute approximate surface area is 128 Å². The van der Waals surface area contributed by atoms with E-state index in [0.717, 1.165) is 19.5 Å². The van der Waals surface area contributed by atoms with Crippen molar-refractivity contribution in [3.63, 3.8) is 0 Å². The maximum Gasteiger partial charge on any atom is 0.0746 e. The fraction of sp³-hybridized carbons (Fsp3) is 0.588. The largest absolute Gasteiger partial charge is 0.393 e. The van der Waals surface area contributed by atoms with Crippen LogP contribution in [0.3, 0.4) is 0 Å². The molecule has 1 atom stereocenters. The average Bonchev–Trinajstić information content (AvgIpc) is 2.58. The van der Waals surface area contributed by atoms with E-state index < -0.39 is 0 Å². The first-order chi connectivity index (χ1) is 9.48. The molecule has 1 aliphatic rings. The SMILES string of the molecule is CC1(C)CCCN(C(CC(N)=S)c2ccccc2)CC1. The molecule has 0 spiro atoms. The summed E-state index contributed by atoms with van der Waals surface area (Å²) >= 11 is 5.17. The molecule has 1 fully saturated rings. The van der Waals surface area contributed by atoms with Gasteiger partial charge in [-0.1, -0.05) is 56.4 Å². The van der Waals surface area contributed by atoms with E-state index >= 15 is 0 Å². The van der Waals surface area contributed by atoms with Gasteiger partial charge in [-0.05, 0) is 43.3 Å². The van der Waals surface area contributed by atoms with Crippen molar-refractivity contribution in [2.24, 2.45) is 11.1 Å². The van der Waals surface area contributed by atoms with Crippen LogP contribution >= 0.6 is 12.2 Å². The number of thiocarbonyl (C=S) groups is 1. The van der Waals surface area contributed by atoms with Crippen LogP contribution in [-0.4, -0.2) is 23.0 Å². The van der Waals surface area contributed by atoms with Crippen LogP contribution in [0, 0.1) is 5.41 Å². The van der Waals surface area contributed by atoms with Crippen molar-refractivity contribution in [3.05, 3.63) is 35.9 Å². The van der Waals surface area contributed by atoms with Gasteiger partial charge in [0.15, 0.2) is 0 Å². The summed E-state index contributed by atoms with van der Waals surface area (Å²) in [7, 11) is 0. The van der Waals surface area contributed by atoms with Crippen molar-refractivity contribution in [2.45, 2.75) is 45.6 Å². The third-order valence-corrected chi connectivity index (χ3v) is 4.56. The Morgan fingerprint density at radius 1 is 1.25 bits per heavy atom. The van der Waals surface area contributed by atoms with E-state index in [0.29, 0.717) is 16.4 Å². The standard InChI is InChI=1S/C17H26N2S/c1-17(2)9-6-11-19(12-10-17)15(13-16(18)20)14-7-4-3-5-8-14/h3-5,7-8,15H,6,9-13H2,1-2H3,(H2,18,20). The highest BCUT2D eigenvalue weighted by Gasteiger charge is 2.27. The Bertz CT molecular complexity index is 442. The van der Waals surface area contributed by atoms with E-state index in [1.807, 2.05) is 0 Å². The topological polar surface area (TPSA) is 29.3 Å². The van der Waals surface area contributed by atoms with Gasteiger partial charge >= 0.3 is 0 Å². The van der Waals surface area contributed by atoms with Crippen molar-refractivity contribution in [3.8, 4) is 0 Å². The van der Waals surface area contributed by atoms with Gasteiger partial charge < -0.3 is 5.73 Å². The molecule has 110 valence electrons. The first-order valence-electron chi connectivity index (χ1n) is 7.55. The first kappa shape index (κ1) is 15.5. The number of rotatable bonds is 4. The number of likely N-dealkylation sites (tertiary alicyclic amines) is 1. The summed E-state index contributed by atoms with van der Waals surface area (Å²) in [6, 6.07) is 11.0. The molecule has 0 aliphatic carbocycles. The quantitative estimate of drug-likeness (QED) is 0.852. The molecule has 1 aromatic rings. The molecular weight excluding hydrogens is 264 g/mol. The number of nitrogens with two attached hydrogens (primary N) is 1. The number of hydrogen-bond acceptors (Lipinski definition) is 2. The monoisotopic (exact) mass is 290 g/mol. The summed E-state index contributed by atoms with van der Waals surface area (Å²) in [6.45, 7) is 7.03. The van der Waals surface area contributed by atoms with Gasteiger partial charge in [-0.2, -0.15) is 0 Å². The van der Waals surface area contributed by atoms with Gasteiger partial charge in [0.25, 0.3) is 0 Å². The lowest BCUT2D eigenvalue weighted by Crippen LogP contribution is -2.33. The van der Waals surface area contributed by atoms with Crippen molar-refractivity contribution < 1.29 is 0 Å². The van der Waals surface area contributed by atoms with E-state index in [9.17, 15) is 0 Å². The smallest absolute Gasteiger partial charge is 0.0746 e. The second-order valence-electron chi connectivity index (χ2n) is 6.65. The zero-order chi connectivity index (χ0) is 14.6. The van der Waals surface area contributed by atoms with Gasteiger partial charge in [-0.15, -0.1) is 0 Å². The summed E-state index contributed by atoms with van der Waals surface area (Å²) in [4.78, 5) is 3.19. The highest BCUT2D eigenvalue weighted by Crippen LogP contribution is 2.34. The van der Waals surface area contributed by atoms with E-state index in [1.54, 1.807) is 0 Å². The van der Waals surface area contributed by atoms with Gasteiger partial charge in [0.2, 0.25) is 0 Å². The van der Waals surface area contributed by atoms with Crippen LogP contribution in [0.1, 0.15) is 51.1 Å². The van der Waals surface area contributed by atoms with Gasteiger partial charge in [0, 0.05) is 12.5 Å². The summed E-state index contributed by atoms with van der Waals surface area (Å²) in [5, 5.41) is 0. The molecule has 1 aliphatic heterocycles. The number of hydrogen-bond donors (Lipinski definition) is 1. The van der Waals surface area contributed by atoms with Crippen LogP contribution in [0.2, 0.25) is 0 Å². The summed E-state index contributed by atoms with van der Waals surface area (Å²) < 4.78 is 0. The van der Waals surface area contributed by atoms with Crippen LogP contribution in [-0.2, 0) is 0 Å². The minimum Gasteiger partial charge on any atom is -0.393 e. The second kappa shape index (κ2) is 6.68. The van der Waals surface area contributed by atoms with Crippen LogP contribution in [0.4, 0.5) is 0 Å². The molecule has 2 nitrogen and oxygen atoms in total. The Balaban J connectivity index is 2.16. The molecular formula is C17H26N2S. The van der Waals surface area contributed by atoms with Crippen molar-refractivity contribution >= 4 is 17.2 Å². The third-order valence-electron chi connectivity index (χ3n) is 4.39. The van der Waals surface area contributed by atoms with Gasteiger partial charge in [-0.25, -0.2) is 0 Å². The summed E-state index contributed by atoms with van der Waals surface area (Å²) in [5.41, 5.74) is 7.63. The number of benzene rings is 1. The Hall–Kier alpha value is -0.930. The van der Waals surface area contributed by atoms with Crippen LogP contribution in [0.25, 0.3) is 0 Å². The molecule has 0 saturated carbocycles. The Morgan fingerprint density at radius 2 is 1.95 bits per heavy atom. The normalized spacial score (nSPS) is 21.1. The maximum absolute atomic E-state index is 5.83. The predicted octanol–water partition coefficient (Wildman–Crippen LogP) is 3.92. The summed E-state index contributed by atoms with van der Waals surface area (Å²) in [6.07, 6.45) is 4.58. The second-order valence-corrected chi connectivity index (χ2v) is 7.18. The molecule has 0 bridgehead atoms. The third kappa shape index (κ3) is 4.29. The molecule has 1 heterocycles. The fourth-order valence-electron chi connectivity index (χ4n) is 3.08. The fourth-order valence-corrected chi connectivity index (χ4v) is 3.24. The molecule has 1 aromatic carbocycles. The van der Waals surface area contributed by atoms with Gasteiger partial charge in [0.1, 0.15) is 0 Å². The minimum atomic E-state index is 0.336. The lowest BCUT2D eigenvalue weighted by atomic mass is 9.85. The van der Waals surface area contributed by atoms with Crippen molar-refractivity contribution in [1.29, 1.82) is 0 Å². The average molecular weight is 290 g/mol. The Morgan fingerprint density at radius 3 is 2.60 bits per heavy atom. The van der Waals surface area contributed by atoms with Crippen LogP contribution < -0.4 is 5.73 Å². The van der Waals surface area contributed by atoms with E-state index in [-0.39, 0.29) is 0 Å². The van der Waals surface area contributed by atoms with Crippen LogP contribution in [0.15, 0.2) is 30.3 Å². The van der Waals surface area contributed by atoms with E-state index in [1.165, 1.54) is 24.8 Å². The number of nitrogens with zero attached hydrogens (tertiary/aromatic N) is 1. The summed E-state index contributed by atoms with van der Waals surface area (Å²) in [5.74, 6) is 0. The zero-order valence-corrected chi connectivity index (χ0v) is 13.5. The molecule has 20 heavy (non-hydrogen) atoms. The minimum absolute atomic E-state index is 0.336. The van der Waals surface area contributed by atoms with E-state index in [4.69, 9.17) is 18.0 Å². The molecule has 0 aromatic heterocycles. The molecule has 0 radical (unpaired) electrons. The van der Waals surface area contributed by atoms with Crippen molar-refractivity contribution in [1.82, 2.24) is 4.90 Å².